The molecule has 0 aliphatic heterocycles. The minimum atomic E-state index is -0.299. The van der Waals surface area contributed by atoms with Gasteiger partial charge >= 0.3 is 5.69 Å². The Morgan fingerprint density at radius 3 is 2.30 bits per heavy atom. The van der Waals surface area contributed by atoms with Crippen molar-refractivity contribution in [1.29, 1.82) is 0 Å². The maximum atomic E-state index is 12.9. The van der Waals surface area contributed by atoms with E-state index in [1.165, 1.54) is 4.57 Å². The second kappa shape index (κ2) is 8.98. The highest BCUT2D eigenvalue weighted by Gasteiger charge is 2.16. The molecule has 0 aliphatic rings. The van der Waals surface area contributed by atoms with Gasteiger partial charge in [-0.2, -0.15) is 0 Å². The fourth-order valence-corrected chi connectivity index (χ4v) is 3.32. The van der Waals surface area contributed by atoms with Crippen molar-refractivity contribution in [1.82, 2.24) is 9.13 Å². The Labute approximate surface area is 175 Å². The fourth-order valence-electron chi connectivity index (χ4n) is 3.32. The number of rotatable bonds is 7. The average Bonchev–Trinajstić information content (AvgIpc) is 2.96. The SMILES string of the molecule is CCCn1c(=O)n(CC(=O)Nc2cc(NC(=O)C(C)C)ccc2C)c2ccccc21. The number of aryl methyl sites for hydroxylation is 2. The van der Waals surface area contributed by atoms with E-state index in [0.717, 1.165) is 23.0 Å². The van der Waals surface area contributed by atoms with E-state index < -0.39 is 0 Å². The minimum Gasteiger partial charge on any atom is -0.326 e. The lowest BCUT2D eigenvalue weighted by Gasteiger charge is -2.13. The van der Waals surface area contributed by atoms with Gasteiger partial charge in [0.05, 0.1) is 11.0 Å². The first-order chi connectivity index (χ1) is 14.3. The molecular weight excluding hydrogens is 380 g/mol. The number of carbonyl (C=O) groups is 2. The Bertz CT molecular complexity index is 1140. The number of amides is 2. The first kappa shape index (κ1) is 21.4. The van der Waals surface area contributed by atoms with E-state index in [2.05, 4.69) is 10.6 Å². The Morgan fingerprint density at radius 1 is 1.00 bits per heavy atom. The van der Waals surface area contributed by atoms with Crippen LogP contribution in [0.25, 0.3) is 11.0 Å². The molecule has 1 aromatic heterocycles. The van der Waals surface area contributed by atoms with Crippen LogP contribution in [-0.2, 0) is 22.7 Å². The fraction of sp³-hybridized carbons (Fsp3) is 0.348. The Kier molecular flexibility index (Phi) is 6.40. The molecule has 2 N–H and O–H groups in total. The van der Waals surface area contributed by atoms with Crippen molar-refractivity contribution < 1.29 is 9.59 Å². The summed E-state index contributed by atoms with van der Waals surface area (Å²) < 4.78 is 3.20. The van der Waals surface area contributed by atoms with Gasteiger partial charge in [-0.3, -0.25) is 18.7 Å². The summed E-state index contributed by atoms with van der Waals surface area (Å²) in [7, 11) is 0. The summed E-state index contributed by atoms with van der Waals surface area (Å²) >= 11 is 0. The summed E-state index contributed by atoms with van der Waals surface area (Å²) in [5.74, 6) is -0.532. The van der Waals surface area contributed by atoms with Gasteiger partial charge in [0.2, 0.25) is 11.8 Å². The van der Waals surface area contributed by atoms with E-state index in [1.54, 1.807) is 16.7 Å². The van der Waals surface area contributed by atoms with Crippen LogP contribution in [0.1, 0.15) is 32.8 Å². The van der Waals surface area contributed by atoms with Crippen LogP contribution in [0.2, 0.25) is 0 Å². The van der Waals surface area contributed by atoms with Crippen molar-refractivity contribution in [2.75, 3.05) is 10.6 Å². The predicted molar refractivity (Wildman–Crippen MR) is 120 cm³/mol. The highest BCUT2D eigenvalue weighted by molar-refractivity contribution is 5.95. The highest BCUT2D eigenvalue weighted by Crippen LogP contribution is 2.21. The van der Waals surface area contributed by atoms with Crippen LogP contribution in [0.15, 0.2) is 47.3 Å². The molecule has 2 aromatic carbocycles. The van der Waals surface area contributed by atoms with E-state index in [4.69, 9.17) is 0 Å². The zero-order chi connectivity index (χ0) is 21.8. The first-order valence-electron chi connectivity index (χ1n) is 10.2. The number of hydrogen-bond acceptors (Lipinski definition) is 3. The molecule has 7 nitrogen and oxygen atoms in total. The van der Waals surface area contributed by atoms with E-state index in [-0.39, 0.29) is 30.0 Å². The van der Waals surface area contributed by atoms with Gasteiger partial charge in [0.15, 0.2) is 0 Å². The third-order valence-corrected chi connectivity index (χ3v) is 4.98. The Hall–Kier alpha value is -3.35. The summed E-state index contributed by atoms with van der Waals surface area (Å²) in [6.07, 6.45) is 0.828. The van der Waals surface area contributed by atoms with Crippen LogP contribution < -0.4 is 16.3 Å². The van der Waals surface area contributed by atoms with E-state index in [0.29, 0.717) is 17.9 Å². The quantitative estimate of drug-likeness (QED) is 0.624. The number of nitrogens with zero attached hydrogens (tertiary/aromatic N) is 2. The molecule has 0 fully saturated rings. The third kappa shape index (κ3) is 4.45. The first-order valence-corrected chi connectivity index (χ1v) is 10.2. The number of imidazole rings is 1. The Balaban J connectivity index is 1.84. The molecule has 0 radical (unpaired) electrons. The van der Waals surface area contributed by atoms with Crippen molar-refractivity contribution in [2.45, 2.75) is 47.2 Å². The predicted octanol–water partition coefficient (Wildman–Crippen LogP) is 3.75. The molecule has 1 heterocycles. The molecule has 0 bridgehead atoms. The summed E-state index contributed by atoms with van der Waals surface area (Å²) in [5, 5.41) is 5.71. The van der Waals surface area contributed by atoms with Crippen molar-refractivity contribution in [2.24, 2.45) is 5.92 Å². The monoisotopic (exact) mass is 408 g/mol. The summed E-state index contributed by atoms with van der Waals surface area (Å²) in [6.45, 7) is 8.04. The molecule has 7 heteroatoms. The minimum absolute atomic E-state index is 0.0852. The number of para-hydroxylation sites is 2. The van der Waals surface area contributed by atoms with Crippen LogP contribution in [0.4, 0.5) is 11.4 Å². The van der Waals surface area contributed by atoms with Gasteiger partial charge in [0.1, 0.15) is 6.54 Å². The van der Waals surface area contributed by atoms with Gasteiger partial charge in [-0.1, -0.05) is 39.0 Å². The van der Waals surface area contributed by atoms with Crippen molar-refractivity contribution in [3.63, 3.8) is 0 Å². The molecule has 0 aliphatic carbocycles. The third-order valence-electron chi connectivity index (χ3n) is 4.98. The molecule has 0 saturated heterocycles. The lowest BCUT2D eigenvalue weighted by Crippen LogP contribution is -2.29. The molecule has 0 spiro atoms. The number of nitrogens with one attached hydrogen (secondary N) is 2. The van der Waals surface area contributed by atoms with Gasteiger partial charge in [0, 0.05) is 23.8 Å². The number of hydrogen-bond donors (Lipinski definition) is 2. The van der Waals surface area contributed by atoms with Gasteiger partial charge in [0.25, 0.3) is 0 Å². The Morgan fingerprint density at radius 2 is 1.67 bits per heavy atom. The average molecular weight is 409 g/mol. The number of carbonyl (C=O) groups excluding carboxylic acids is 2. The summed E-state index contributed by atoms with van der Waals surface area (Å²) in [5.41, 5.74) is 3.46. The van der Waals surface area contributed by atoms with Crippen molar-refractivity contribution in [3.8, 4) is 0 Å². The van der Waals surface area contributed by atoms with Crippen LogP contribution in [0.5, 0.6) is 0 Å². The second-order valence-corrected chi connectivity index (χ2v) is 7.73. The van der Waals surface area contributed by atoms with Crippen molar-refractivity contribution >= 4 is 34.2 Å². The standard InChI is InChI=1S/C23H28N4O3/c1-5-12-26-19-8-6-7-9-20(19)27(23(26)30)14-21(28)25-18-13-17(11-10-16(18)4)24-22(29)15(2)3/h6-11,13,15H,5,12,14H2,1-4H3,(H,24,29)(H,25,28). The van der Waals surface area contributed by atoms with Crippen LogP contribution in [0, 0.1) is 12.8 Å². The maximum absolute atomic E-state index is 12.9. The highest BCUT2D eigenvalue weighted by atomic mass is 16.2. The number of aromatic nitrogens is 2. The molecule has 3 aromatic rings. The lowest BCUT2D eigenvalue weighted by atomic mass is 10.1. The van der Waals surface area contributed by atoms with Gasteiger partial charge in [-0.15, -0.1) is 0 Å². The molecule has 158 valence electrons. The summed E-state index contributed by atoms with van der Waals surface area (Å²) in [4.78, 5) is 37.6. The largest absolute Gasteiger partial charge is 0.329 e. The second-order valence-electron chi connectivity index (χ2n) is 7.73. The summed E-state index contributed by atoms with van der Waals surface area (Å²) in [6, 6.07) is 12.9. The zero-order valence-corrected chi connectivity index (χ0v) is 17.9. The number of fused-ring (bicyclic) bond motifs is 1. The molecule has 3 rings (SSSR count). The molecule has 2 amide bonds. The lowest BCUT2D eigenvalue weighted by molar-refractivity contribution is -0.119. The van der Waals surface area contributed by atoms with Crippen LogP contribution in [-0.4, -0.2) is 20.9 Å². The number of benzene rings is 2. The van der Waals surface area contributed by atoms with E-state index >= 15 is 0 Å². The molecule has 0 saturated carbocycles. The molecular formula is C23H28N4O3. The van der Waals surface area contributed by atoms with Gasteiger partial charge in [-0.05, 0) is 43.2 Å². The smallest absolute Gasteiger partial charge is 0.326 e. The van der Waals surface area contributed by atoms with E-state index in [1.807, 2.05) is 58.0 Å². The molecule has 0 unspecified atom stereocenters. The van der Waals surface area contributed by atoms with Gasteiger partial charge in [-0.25, -0.2) is 4.79 Å². The molecule has 0 atom stereocenters. The zero-order valence-electron chi connectivity index (χ0n) is 17.9. The van der Waals surface area contributed by atoms with Crippen LogP contribution >= 0.6 is 0 Å². The van der Waals surface area contributed by atoms with Crippen molar-refractivity contribution in [3.05, 3.63) is 58.5 Å². The van der Waals surface area contributed by atoms with Gasteiger partial charge < -0.3 is 10.6 Å². The van der Waals surface area contributed by atoms with Crippen LogP contribution in [0.3, 0.4) is 0 Å². The maximum Gasteiger partial charge on any atom is 0.329 e. The normalized spacial score (nSPS) is 11.1. The molecule has 30 heavy (non-hydrogen) atoms. The van der Waals surface area contributed by atoms with E-state index in [9.17, 15) is 14.4 Å². The number of anilines is 2. The topological polar surface area (TPSA) is 85.1 Å².